The zero-order valence-electron chi connectivity index (χ0n) is 23.8. The van der Waals surface area contributed by atoms with Crippen LogP contribution in [0.4, 0.5) is 5.13 Å². The van der Waals surface area contributed by atoms with E-state index in [-0.39, 0.29) is 16.5 Å². The number of anilines is 1. The highest BCUT2D eigenvalue weighted by atomic mass is 32.1. The number of benzene rings is 3. The van der Waals surface area contributed by atoms with Gasteiger partial charge in [-0.1, -0.05) is 23.5 Å². The topological polar surface area (TPSA) is 117 Å². The number of amides is 1. The number of Topliss-reactive ketones (excluding diaryl/α,β-unsaturated/α-hetero) is 1. The fraction of sp³-hybridized carbons (Fsp3) is 0.258. The highest BCUT2D eigenvalue weighted by Gasteiger charge is 2.48. The summed E-state index contributed by atoms with van der Waals surface area (Å²) in [7, 11) is 4.43. The lowest BCUT2D eigenvalue weighted by molar-refractivity contribution is -0.132. The number of hydrogen-bond donors (Lipinski definition) is 1. The Hall–Kier alpha value is -4.77. The Balaban J connectivity index is 1.75. The number of methoxy groups -OCH3 is 3. The summed E-state index contributed by atoms with van der Waals surface area (Å²) in [6, 6.07) is 14.4. The summed E-state index contributed by atoms with van der Waals surface area (Å²) in [5, 5.41) is 11.9. The first-order valence-corrected chi connectivity index (χ1v) is 14.0. The van der Waals surface area contributed by atoms with Crippen LogP contribution in [0.3, 0.4) is 0 Å². The summed E-state index contributed by atoms with van der Waals surface area (Å²) in [4.78, 5) is 33.4. The summed E-state index contributed by atoms with van der Waals surface area (Å²) >= 11 is 1.24. The van der Waals surface area contributed by atoms with Gasteiger partial charge in [0.25, 0.3) is 5.78 Å². The number of ketones is 1. The molecule has 10 nitrogen and oxygen atoms in total. The van der Waals surface area contributed by atoms with E-state index in [2.05, 4.69) is 4.98 Å². The van der Waals surface area contributed by atoms with Crippen LogP contribution < -0.4 is 28.6 Å². The van der Waals surface area contributed by atoms with Gasteiger partial charge < -0.3 is 28.8 Å². The van der Waals surface area contributed by atoms with Gasteiger partial charge in [-0.2, -0.15) is 0 Å². The molecule has 5 rings (SSSR count). The van der Waals surface area contributed by atoms with Crippen LogP contribution in [0.2, 0.25) is 0 Å². The molecule has 1 fully saturated rings. The van der Waals surface area contributed by atoms with Crippen LogP contribution in [0.15, 0.2) is 60.2 Å². The summed E-state index contributed by atoms with van der Waals surface area (Å²) in [6.45, 7) is 4.65. The molecule has 1 amide bonds. The van der Waals surface area contributed by atoms with E-state index < -0.39 is 17.7 Å². The molecule has 1 aliphatic rings. The standard InChI is InChI=1S/C31H30N2O8S/c1-6-40-19-10-8-9-17(13-19)27(34)25-26(18-14-22(37-3)29(39-5)23(15-18)38-4)33(30(36)28(25)35)31-32-21-12-11-20(41-7-2)16-24(21)42-31/h8-16,26,34H,6-7H2,1-5H3/b27-25+. The maximum Gasteiger partial charge on any atom is 0.301 e. The molecule has 1 atom stereocenters. The molecule has 0 bridgehead atoms. The van der Waals surface area contributed by atoms with Crippen molar-refractivity contribution >= 4 is 44.1 Å². The zero-order valence-corrected chi connectivity index (χ0v) is 24.6. The van der Waals surface area contributed by atoms with Gasteiger partial charge in [0.1, 0.15) is 17.3 Å². The van der Waals surface area contributed by atoms with Gasteiger partial charge in [0, 0.05) is 5.56 Å². The number of hydrogen-bond acceptors (Lipinski definition) is 10. The molecule has 0 radical (unpaired) electrons. The predicted molar refractivity (Wildman–Crippen MR) is 159 cm³/mol. The van der Waals surface area contributed by atoms with Gasteiger partial charge in [0.15, 0.2) is 16.6 Å². The average Bonchev–Trinajstić information content (AvgIpc) is 3.53. The molecule has 0 aliphatic carbocycles. The van der Waals surface area contributed by atoms with E-state index in [9.17, 15) is 14.7 Å². The number of thiazole rings is 1. The van der Waals surface area contributed by atoms with E-state index in [1.807, 2.05) is 19.9 Å². The number of aliphatic hydroxyl groups is 1. The van der Waals surface area contributed by atoms with Crippen LogP contribution in [0.5, 0.6) is 28.7 Å². The SMILES string of the molecule is CCOc1cccc(/C(O)=C2\C(=O)C(=O)N(c3nc4ccc(OCC)cc4s3)C2c2cc(OC)c(OC)c(OC)c2)c1. The molecule has 4 aromatic rings. The summed E-state index contributed by atoms with van der Waals surface area (Å²) in [5.41, 5.74) is 1.29. The molecule has 3 aromatic carbocycles. The lowest BCUT2D eigenvalue weighted by Crippen LogP contribution is -2.29. The number of ether oxygens (including phenoxy) is 5. The highest BCUT2D eigenvalue weighted by Crippen LogP contribution is 2.48. The average molecular weight is 591 g/mol. The van der Waals surface area contributed by atoms with Crippen molar-refractivity contribution in [2.24, 2.45) is 0 Å². The van der Waals surface area contributed by atoms with Crippen molar-refractivity contribution in [1.82, 2.24) is 4.98 Å². The van der Waals surface area contributed by atoms with Crippen molar-refractivity contribution in [2.75, 3.05) is 39.4 Å². The van der Waals surface area contributed by atoms with Crippen molar-refractivity contribution in [3.63, 3.8) is 0 Å². The van der Waals surface area contributed by atoms with E-state index in [1.54, 1.807) is 48.5 Å². The molecule has 0 spiro atoms. The number of aliphatic hydroxyl groups excluding tert-OH is 1. The second-order valence-electron chi connectivity index (χ2n) is 9.15. The normalized spacial score (nSPS) is 16.1. The molecular weight excluding hydrogens is 560 g/mol. The molecular formula is C31H30N2O8S. The Bertz CT molecular complexity index is 1670. The van der Waals surface area contributed by atoms with Crippen LogP contribution in [-0.2, 0) is 9.59 Å². The van der Waals surface area contributed by atoms with Gasteiger partial charge >= 0.3 is 5.91 Å². The molecule has 218 valence electrons. The van der Waals surface area contributed by atoms with Gasteiger partial charge in [-0.05, 0) is 61.9 Å². The number of rotatable bonds is 10. The van der Waals surface area contributed by atoms with Crippen LogP contribution in [0, 0.1) is 0 Å². The second kappa shape index (κ2) is 12.0. The minimum atomic E-state index is -1.07. The molecule has 11 heteroatoms. The first kappa shape index (κ1) is 28.7. The largest absolute Gasteiger partial charge is 0.507 e. The third-order valence-corrected chi connectivity index (χ3v) is 7.75. The predicted octanol–water partition coefficient (Wildman–Crippen LogP) is 5.75. The van der Waals surface area contributed by atoms with Crippen molar-refractivity contribution in [3.05, 3.63) is 71.3 Å². The monoisotopic (exact) mass is 590 g/mol. The lowest BCUT2D eigenvalue weighted by atomic mass is 9.94. The Morgan fingerprint density at radius 1 is 0.905 bits per heavy atom. The van der Waals surface area contributed by atoms with E-state index >= 15 is 0 Å². The number of carbonyl (C=O) groups is 2. The molecule has 1 unspecified atom stereocenters. The van der Waals surface area contributed by atoms with E-state index in [0.717, 1.165) is 4.70 Å². The van der Waals surface area contributed by atoms with E-state index in [0.29, 0.717) is 58.6 Å². The number of fused-ring (bicyclic) bond motifs is 1. The zero-order chi connectivity index (χ0) is 30.0. The quantitative estimate of drug-likeness (QED) is 0.140. The van der Waals surface area contributed by atoms with E-state index in [1.165, 1.54) is 37.6 Å². The van der Waals surface area contributed by atoms with Crippen molar-refractivity contribution in [1.29, 1.82) is 0 Å². The maximum atomic E-state index is 13.7. The van der Waals surface area contributed by atoms with E-state index in [4.69, 9.17) is 23.7 Å². The minimum absolute atomic E-state index is 0.114. The fourth-order valence-electron chi connectivity index (χ4n) is 4.91. The molecule has 2 heterocycles. The van der Waals surface area contributed by atoms with Crippen molar-refractivity contribution in [2.45, 2.75) is 19.9 Å². The van der Waals surface area contributed by atoms with Gasteiger partial charge in [0.2, 0.25) is 5.75 Å². The first-order chi connectivity index (χ1) is 20.3. The van der Waals surface area contributed by atoms with Crippen LogP contribution >= 0.6 is 11.3 Å². The molecule has 42 heavy (non-hydrogen) atoms. The Labute approximate surface area is 246 Å². The number of carbonyl (C=O) groups excluding carboxylic acids is 2. The lowest BCUT2D eigenvalue weighted by Gasteiger charge is -2.24. The van der Waals surface area contributed by atoms with Crippen LogP contribution in [-0.4, -0.2) is 56.3 Å². The van der Waals surface area contributed by atoms with Gasteiger partial charge in [-0.3, -0.25) is 14.5 Å². The molecule has 1 N–H and O–H groups in total. The van der Waals surface area contributed by atoms with Crippen molar-refractivity contribution < 1.29 is 38.4 Å². The summed E-state index contributed by atoms with van der Waals surface area (Å²) in [6.07, 6.45) is 0. The minimum Gasteiger partial charge on any atom is -0.507 e. The van der Waals surface area contributed by atoms with Crippen LogP contribution in [0.1, 0.15) is 31.0 Å². The van der Waals surface area contributed by atoms with Gasteiger partial charge in [0.05, 0.1) is 56.4 Å². The molecule has 1 saturated heterocycles. The molecule has 1 aliphatic heterocycles. The summed E-state index contributed by atoms with van der Waals surface area (Å²) in [5.74, 6) is 0.115. The molecule has 1 aromatic heterocycles. The second-order valence-corrected chi connectivity index (χ2v) is 10.2. The van der Waals surface area contributed by atoms with Gasteiger partial charge in [-0.15, -0.1) is 0 Å². The highest BCUT2D eigenvalue weighted by molar-refractivity contribution is 7.22. The summed E-state index contributed by atoms with van der Waals surface area (Å²) < 4.78 is 28.6. The Kier molecular flexibility index (Phi) is 8.21. The van der Waals surface area contributed by atoms with Crippen molar-refractivity contribution in [3.8, 4) is 28.7 Å². The maximum absolute atomic E-state index is 13.7. The Morgan fingerprint density at radius 3 is 2.19 bits per heavy atom. The third-order valence-electron chi connectivity index (χ3n) is 6.73. The van der Waals surface area contributed by atoms with Gasteiger partial charge in [-0.25, -0.2) is 4.98 Å². The number of aromatic nitrogens is 1. The van der Waals surface area contributed by atoms with Crippen LogP contribution in [0.25, 0.3) is 16.0 Å². The third kappa shape index (κ3) is 5.07. The Morgan fingerprint density at radius 2 is 1.57 bits per heavy atom. The molecule has 0 saturated carbocycles. The first-order valence-electron chi connectivity index (χ1n) is 13.2. The number of nitrogens with zero attached hydrogens (tertiary/aromatic N) is 2. The smallest absolute Gasteiger partial charge is 0.301 e. The fourth-order valence-corrected chi connectivity index (χ4v) is 5.93.